The molecule has 0 aromatic heterocycles. The Hall–Kier alpha value is 0.200. The second-order valence-corrected chi connectivity index (χ2v) is 11.5. The monoisotopic (exact) mass is 500 g/mol. The van der Waals surface area contributed by atoms with Crippen molar-refractivity contribution in [1.29, 1.82) is 0 Å². The van der Waals surface area contributed by atoms with Gasteiger partial charge in [-0.25, -0.2) is 0 Å². The van der Waals surface area contributed by atoms with Gasteiger partial charge >= 0.3 is 0 Å². The molecular weight excluding hydrogens is 440 g/mol. The van der Waals surface area contributed by atoms with E-state index >= 15 is 0 Å². The highest BCUT2D eigenvalue weighted by atomic mass is 32.2. The van der Waals surface area contributed by atoms with E-state index in [4.69, 9.17) is 12.2 Å². The van der Waals surface area contributed by atoms with Gasteiger partial charge in [-0.3, -0.25) is 4.72 Å². The van der Waals surface area contributed by atoms with E-state index in [1.165, 1.54) is 141 Å². The molecular formula is C29H60N2S2. The molecule has 0 radical (unpaired) electrons. The van der Waals surface area contributed by atoms with E-state index < -0.39 is 0 Å². The Balaban J connectivity index is 3.93. The Kier molecular flexibility index (Phi) is 28.6. The maximum absolute atomic E-state index is 5.79. The topological polar surface area (TPSA) is 15.3 Å². The summed E-state index contributed by atoms with van der Waals surface area (Å²) in [7, 11) is 0. The standard InChI is InChI=1S/C29H60N2S2/c1-4-7-10-12-14-16-18-20-22-24-27-31(29(32)33-30-26-9-6-3)28-25-23-21-19-17-15-13-11-8-5-2/h30H,4-28H2,1-3H3. The molecule has 0 bridgehead atoms. The van der Waals surface area contributed by atoms with Gasteiger partial charge in [-0.05, 0) is 31.2 Å². The van der Waals surface area contributed by atoms with Gasteiger partial charge in [-0.1, -0.05) is 155 Å². The highest BCUT2D eigenvalue weighted by Crippen LogP contribution is 2.15. The van der Waals surface area contributed by atoms with Gasteiger partial charge < -0.3 is 4.90 Å². The smallest absolute Gasteiger partial charge is 0.151 e. The number of rotatable bonds is 26. The lowest BCUT2D eigenvalue weighted by atomic mass is 10.1. The van der Waals surface area contributed by atoms with Crippen LogP contribution in [-0.4, -0.2) is 28.9 Å². The van der Waals surface area contributed by atoms with Crippen molar-refractivity contribution in [1.82, 2.24) is 9.62 Å². The van der Waals surface area contributed by atoms with Crippen LogP contribution < -0.4 is 4.72 Å². The van der Waals surface area contributed by atoms with Crippen molar-refractivity contribution in [3.63, 3.8) is 0 Å². The molecule has 0 aromatic rings. The van der Waals surface area contributed by atoms with Crippen LogP contribution >= 0.6 is 24.2 Å². The molecule has 33 heavy (non-hydrogen) atoms. The van der Waals surface area contributed by atoms with Crippen LogP contribution in [0.5, 0.6) is 0 Å². The highest BCUT2D eigenvalue weighted by Gasteiger charge is 2.10. The number of nitrogens with one attached hydrogen (secondary N) is 1. The predicted octanol–water partition coefficient (Wildman–Crippen LogP) is 10.5. The van der Waals surface area contributed by atoms with E-state index in [0.717, 1.165) is 24.0 Å². The first-order valence-corrected chi connectivity index (χ1v) is 16.2. The summed E-state index contributed by atoms with van der Waals surface area (Å²) in [6, 6.07) is 0. The maximum atomic E-state index is 5.79. The summed E-state index contributed by atoms with van der Waals surface area (Å²) >= 11 is 7.49. The third-order valence-corrected chi connectivity index (χ3v) is 7.90. The Morgan fingerprint density at radius 2 is 0.848 bits per heavy atom. The zero-order valence-electron chi connectivity index (χ0n) is 22.9. The molecule has 0 spiro atoms. The van der Waals surface area contributed by atoms with E-state index in [9.17, 15) is 0 Å². The van der Waals surface area contributed by atoms with Gasteiger partial charge in [0.25, 0.3) is 0 Å². The number of hydrogen-bond donors (Lipinski definition) is 1. The van der Waals surface area contributed by atoms with Crippen LogP contribution in [0.25, 0.3) is 0 Å². The zero-order valence-corrected chi connectivity index (χ0v) is 24.6. The Morgan fingerprint density at radius 3 is 1.21 bits per heavy atom. The van der Waals surface area contributed by atoms with E-state index in [-0.39, 0.29) is 0 Å². The fraction of sp³-hybridized carbons (Fsp3) is 0.966. The second kappa shape index (κ2) is 28.4. The highest BCUT2D eigenvalue weighted by molar-refractivity contribution is 8.21. The van der Waals surface area contributed by atoms with Crippen molar-refractivity contribution in [2.45, 2.75) is 162 Å². The summed E-state index contributed by atoms with van der Waals surface area (Å²) in [6.45, 7) is 10.2. The third-order valence-electron chi connectivity index (χ3n) is 6.61. The molecule has 1 N–H and O–H groups in total. The SMILES string of the molecule is CCCCCCCCCCCCN(CCCCCCCCCCCC)C(=S)SNCCCC. The molecule has 0 atom stereocenters. The van der Waals surface area contributed by atoms with Crippen LogP contribution in [0.4, 0.5) is 0 Å². The van der Waals surface area contributed by atoms with Gasteiger partial charge in [0.15, 0.2) is 4.32 Å². The summed E-state index contributed by atoms with van der Waals surface area (Å²) in [4.78, 5) is 2.49. The van der Waals surface area contributed by atoms with Crippen molar-refractivity contribution in [3.05, 3.63) is 0 Å². The van der Waals surface area contributed by atoms with Gasteiger partial charge in [0.05, 0.1) is 0 Å². The number of thiocarbonyl (C=S) groups is 1. The summed E-state index contributed by atoms with van der Waals surface area (Å²) in [5, 5.41) is 0. The Labute approximate surface area is 219 Å². The molecule has 0 amide bonds. The molecule has 0 heterocycles. The first-order chi connectivity index (χ1) is 16.3. The molecule has 0 aliphatic carbocycles. The van der Waals surface area contributed by atoms with Gasteiger partial charge in [-0.2, -0.15) is 0 Å². The minimum atomic E-state index is 1.06. The molecule has 0 saturated heterocycles. The summed E-state index contributed by atoms with van der Waals surface area (Å²) < 4.78 is 4.55. The second-order valence-electron chi connectivity index (χ2n) is 9.97. The van der Waals surface area contributed by atoms with E-state index in [1.54, 1.807) is 11.9 Å². The minimum absolute atomic E-state index is 1.06. The van der Waals surface area contributed by atoms with Gasteiger partial charge in [0.2, 0.25) is 0 Å². The van der Waals surface area contributed by atoms with Crippen molar-refractivity contribution in [2.24, 2.45) is 0 Å². The molecule has 0 aliphatic rings. The predicted molar refractivity (Wildman–Crippen MR) is 158 cm³/mol. The fourth-order valence-corrected chi connectivity index (χ4v) is 5.34. The van der Waals surface area contributed by atoms with Gasteiger partial charge in [-0.15, -0.1) is 0 Å². The summed E-state index contributed by atoms with van der Waals surface area (Å²) in [5.74, 6) is 0. The molecule has 0 rings (SSSR count). The quantitative estimate of drug-likeness (QED) is 0.0721. The summed E-state index contributed by atoms with van der Waals surface area (Å²) in [6.07, 6.45) is 30.4. The maximum Gasteiger partial charge on any atom is 0.151 e. The zero-order chi connectivity index (χ0) is 24.2. The average Bonchev–Trinajstić information content (AvgIpc) is 2.82. The number of hydrogen-bond acceptors (Lipinski definition) is 3. The molecule has 2 nitrogen and oxygen atoms in total. The van der Waals surface area contributed by atoms with Crippen LogP contribution in [0.3, 0.4) is 0 Å². The molecule has 0 saturated carbocycles. The van der Waals surface area contributed by atoms with E-state index in [0.29, 0.717) is 0 Å². The normalized spacial score (nSPS) is 11.2. The lowest BCUT2D eigenvalue weighted by Gasteiger charge is -2.25. The van der Waals surface area contributed by atoms with Crippen LogP contribution in [0.15, 0.2) is 0 Å². The van der Waals surface area contributed by atoms with E-state index in [1.807, 2.05) is 0 Å². The molecule has 0 fully saturated rings. The Bertz CT molecular complexity index is 366. The van der Waals surface area contributed by atoms with Crippen molar-refractivity contribution >= 4 is 28.5 Å². The number of nitrogens with zero attached hydrogens (tertiary/aromatic N) is 1. The Morgan fingerprint density at radius 1 is 0.515 bits per heavy atom. The molecule has 0 unspecified atom stereocenters. The lowest BCUT2D eigenvalue weighted by molar-refractivity contribution is 0.394. The van der Waals surface area contributed by atoms with Crippen molar-refractivity contribution in [2.75, 3.05) is 19.6 Å². The minimum Gasteiger partial charge on any atom is -0.356 e. The third kappa shape index (κ3) is 25.1. The lowest BCUT2D eigenvalue weighted by Crippen LogP contribution is -2.31. The molecule has 0 aromatic carbocycles. The van der Waals surface area contributed by atoms with Crippen molar-refractivity contribution < 1.29 is 0 Å². The number of unbranched alkanes of at least 4 members (excludes halogenated alkanes) is 19. The largest absolute Gasteiger partial charge is 0.356 e. The van der Waals surface area contributed by atoms with Gasteiger partial charge in [0, 0.05) is 19.6 Å². The summed E-state index contributed by atoms with van der Waals surface area (Å²) in [5.41, 5.74) is 0. The van der Waals surface area contributed by atoms with E-state index in [2.05, 4.69) is 30.4 Å². The van der Waals surface area contributed by atoms with Crippen LogP contribution in [0.1, 0.15) is 162 Å². The van der Waals surface area contributed by atoms with Crippen molar-refractivity contribution in [3.8, 4) is 0 Å². The molecule has 4 heteroatoms. The van der Waals surface area contributed by atoms with Crippen LogP contribution in [-0.2, 0) is 0 Å². The molecule has 198 valence electrons. The van der Waals surface area contributed by atoms with Crippen LogP contribution in [0, 0.1) is 0 Å². The van der Waals surface area contributed by atoms with Crippen LogP contribution in [0.2, 0.25) is 0 Å². The van der Waals surface area contributed by atoms with Gasteiger partial charge in [0.1, 0.15) is 0 Å². The first kappa shape index (κ1) is 33.2. The first-order valence-electron chi connectivity index (χ1n) is 14.9. The fourth-order valence-electron chi connectivity index (χ4n) is 4.30. The average molecular weight is 501 g/mol. The molecule has 0 aliphatic heterocycles.